The summed E-state index contributed by atoms with van der Waals surface area (Å²) in [4.78, 5) is 6.68. The van der Waals surface area contributed by atoms with Crippen molar-refractivity contribution in [3.05, 3.63) is 12.7 Å². The number of allylic oxidation sites excluding steroid dienone is 1. The van der Waals surface area contributed by atoms with Crippen LogP contribution in [-0.4, -0.2) is 51.8 Å². The average Bonchev–Trinajstić information content (AvgIpc) is 2.49. The van der Waals surface area contributed by atoms with E-state index in [1.54, 1.807) is 7.11 Å². The van der Waals surface area contributed by atoms with E-state index < -0.39 is 0 Å². The lowest BCUT2D eigenvalue weighted by Crippen LogP contribution is -2.47. The van der Waals surface area contributed by atoms with Crippen LogP contribution in [0.4, 0.5) is 0 Å². The van der Waals surface area contributed by atoms with Crippen molar-refractivity contribution in [3.8, 4) is 0 Å². The van der Waals surface area contributed by atoms with Gasteiger partial charge < -0.3 is 15.0 Å². The number of rotatable bonds is 11. The second-order valence-electron chi connectivity index (χ2n) is 6.56. The van der Waals surface area contributed by atoms with Crippen LogP contribution in [0.15, 0.2) is 17.6 Å². The molecule has 128 valence electrons. The van der Waals surface area contributed by atoms with Crippen molar-refractivity contribution in [2.45, 2.75) is 51.4 Å². The van der Waals surface area contributed by atoms with Crippen LogP contribution in [0, 0.1) is 5.41 Å². The molecule has 0 radical (unpaired) electrons. The van der Waals surface area contributed by atoms with Gasteiger partial charge in [0.25, 0.3) is 0 Å². The highest BCUT2D eigenvalue weighted by molar-refractivity contribution is 5.79. The van der Waals surface area contributed by atoms with Gasteiger partial charge in [-0.05, 0) is 43.9 Å². The van der Waals surface area contributed by atoms with E-state index in [-0.39, 0.29) is 0 Å². The Hall–Kier alpha value is -1.03. The zero-order chi connectivity index (χ0) is 16.3. The Kier molecular flexibility index (Phi) is 9.21. The number of methoxy groups -OCH3 is 1. The second kappa shape index (κ2) is 10.7. The monoisotopic (exact) mass is 309 g/mol. The molecule has 0 aromatic carbocycles. The summed E-state index contributed by atoms with van der Waals surface area (Å²) in [6.45, 7) is 6.70. The highest BCUT2D eigenvalue weighted by Crippen LogP contribution is 2.43. The van der Waals surface area contributed by atoms with E-state index in [1.165, 1.54) is 38.5 Å². The van der Waals surface area contributed by atoms with E-state index in [0.29, 0.717) is 5.41 Å². The molecule has 4 nitrogen and oxygen atoms in total. The highest BCUT2D eigenvalue weighted by atomic mass is 16.5. The van der Waals surface area contributed by atoms with Gasteiger partial charge in [0.2, 0.25) is 0 Å². The molecule has 0 aliphatic heterocycles. The van der Waals surface area contributed by atoms with Gasteiger partial charge in [-0.15, -0.1) is 6.58 Å². The van der Waals surface area contributed by atoms with Crippen molar-refractivity contribution in [2.24, 2.45) is 10.4 Å². The van der Waals surface area contributed by atoms with E-state index in [0.717, 1.165) is 38.5 Å². The predicted octanol–water partition coefficient (Wildman–Crippen LogP) is 3.45. The number of nitrogens with one attached hydrogen (secondary N) is 1. The van der Waals surface area contributed by atoms with E-state index in [2.05, 4.69) is 28.8 Å². The molecule has 1 rings (SSSR count). The first-order chi connectivity index (χ1) is 10.7. The maximum absolute atomic E-state index is 5.26. The molecule has 1 fully saturated rings. The Morgan fingerprint density at radius 1 is 1.36 bits per heavy atom. The lowest BCUT2D eigenvalue weighted by atomic mass is 9.67. The largest absolute Gasteiger partial charge is 0.385 e. The number of ether oxygens (including phenoxy) is 1. The quantitative estimate of drug-likeness (QED) is 0.275. The lowest BCUT2D eigenvalue weighted by Gasteiger charge is -2.42. The van der Waals surface area contributed by atoms with Crippen LogP contribution in [0.5, 0.6) is 0 Å². The van der Waals surface area contributed by atoms with Crippen LogP contribution in [0.1, 0.15) is 51.4 Å². The molecule has 1 saturated carbocycles. The number of nitrogens with zero attached hydrogens (tertiary/aromatic N) is 2. The van der Waals surface area contributed by atoms with E-state index in [9.17, 15) is 0 Å². The van der Waals surface area contributed by atoms with Crippen molar-refractivity contribution >= 4 is 5.96 Å². The Morgan fingerprint density at radius 3 is 2.68 bits per heavy atom. The normalized spacial score (nSPS) is 17.0. The topological polar surface area (TPSA) is 36.9 Å². The summed E-state index contributed by atoms with van der Waals surface area (Å²) in [6.07, 6.45) is 12.0. The molecular weight excluding hydrogens is 274 g/mol. The van der Waals surface area contributed by atoms with Crippen LogP contribution in [-0.2, 0) is 4.74 Å². The molecule has 0 spiro atoms. The molecule has 0 heterocycles. The van der Waals surface area contributed by atoms with Gasteiger partial charge in [0.05, 0.1) is 0 Å². The van der Waals surface area contributed by atoms with E-state index in [1.807, 2.05) is 13.1 Å². The third kappa shape index (κ3) is 6.39. The fraction of sp³-hybridized carbons (Fsp3) is 0.833. The number of unbranched alkanes of at least 4 members (excludes halogenated alkanes) is 3. The third-order valence-electron chi connectivity index (χ3n) is 4.85. The molecule has 0 aromatic rings. The third-order valence-corrected chi connectivity index (χ3v) is 4.85. The van der Waals surface area contributed by atoms with Crippen LogP contribution in [0.25, 0.3) is 0 Å². The summed E-state index contributed by atoms with van der Waals surface area (Å²) < 4.78 is 5.26. The smallest absolute Gasteiger partial charge is 0.193 e. The Balaban J connectivity index is 2.29. The number of guanidine groups is 1. The first-order valence-corrected chi connectivity index (χ1v) is 8.69. The molecule has 4 heteroatoms. The summed E-state index contributed by atoms with van der Waals surface area (Å²) in [7, 11) is 5.80. The van der Waals surface area contributed by atoms with Gasteiger partial charge in [0, 0.05) is 40.9 Å². The van der Waals surface area contributed by atoms with Gasteiger partial charge in [0.15, 0.2) is 5.96 Å². The Bertz CT molecular complexity index is 337. The maximum atomic E-state index is 5.26. The minimum atomic E-state index is 0.427. The van der Waals surface area contributed by atoms with Crippen molar-refractivity contribution < 1.29 is 4.74 Å². The molecule has 1 aliphatic carbocycles. The summed E-state index contributed by atoms with van der Waals surface area (Å²) in [5, 5.41) is 3.58. The van der Waals surface area contributed by atoms with Crippen LogP contribution in [0.3, 0.4) is 0 Å². The number of aliphatic imine (C=N–C) groups is 1. The van der Waals surface area contributed by atoms with Gasteiger partial charge in [-0.1, -0.05) is 18.9 Å². The highest BCUT2D eigenvalue weighted by Gasteiger charge is 2.36. The maximum Gasteiger partial charge on any atom is 0.193 e. The molecule has 0 saturated heterocycles. The van der Waals surface area contributed by atoms with Crippen molar-refractivity contribution in [3.63, 3.8) is 0 Å². The second-order valence-corrected chi connectivity index (χ2v) is 6.56. The van der Waals surface area contributed by atoms with Crippen LogP contribution in [0.2, 0.25) is 0 Å². The molecule has 0 bridgehead atoms. The average molecular weight is 309 g/mol. The van der Waals surface area contributed by atoms with Gasteiger partial charge in [-0.25, -0.2) is 0 Å². The van der Waals surface area contributed by atoms with Gasteiger partial charge >= 0.3 is 0 Å². The Morgan fingerprint density at radius 2 is 2.14 bits per heavy atom. The Labute approximate surface area is 137 Å². The SMILES string of the molecule is C=CCCCCCN(C)C(=NC)NCC1(CCOC)CCC1. The number of hydrogen-bond donors (Lipinski definition) is 1. The van der Waals surface area contributed by atoms with Gasteiger partial charge in [-0.2, -0.15) is 0 Å². The van der Waals surface area contributed by atoms with Crippen LogP contribution >= 0.6 is 0 Å². The fourth-order valence-corrected chi connectivity index (χ4v) is 3.08. The fourth-order valence-electron chi connectivity index (χ4n) is 3.08. The van der Waals surface area contributed by atoms with Gasteiger partial charge in [0.1, 0.15) is 0 Å². The molecule has 0 unspecified atom stereocenters. The van der Waals surface area contributed by atoms with E-state index in [4.69, 9.17) is 4.74 Å². The zero-order valence-electron chi connectivity index (χ0n) is 14.9. The minimum Gasteiger partial charge on any atom is -0.385 e. The first kappa shape index (κ1) is 19.0. The van der Waals surface area contributed by atoms with E-state index >= 15 is 0 Å². The van der Waals surface area contributed by atoms with Gasteiger partial charge in [-0.3, -0.25) is 4.99 Å². The molecule has 0 amide bonds. The molecule has 0 aromatic heterocycles. The molecule has 1 N–H and O–H groups in total. The number of hydrogen-bond acceptors (Lipinski definition) is 2. The zero-order valence-corrected chi connectivity index (χ0v) is 14.9. The summed E-state index contributed by atoms with van der Waals surface area (Å²) in [6, 6.07) is 0. The molecule has 1 aliphatic rings. The minimum absolute atomic E-state index is 0.427. The molecular formula is C18H35N3O. The summed E-state index contributed by atoms with van der Waals surface area (Å²) >= 11 is 0. The van der Waals surface area contributed by atoms with Crippen molar-refractivity contribution in [2.75, 3.05) is 40.9 Å². The standard InChI is InChI=1S/C18H35N3O/c1-5-6-7-8-9-14-21(3)17(19-2)20-16-18(11-10-12-18)13-15-22-4/h5H,1,6-16H2,2-4H3,(H,19,20). The van der Waals surface area contributed by atoms with Crippen LogP contribution < -0.4 is 5.32 Å². The predicted molar refractivity (Wildman–Crippen MR) is 95.4 cm³/mol. The summed E-state index contributed by atoms with van der Waals surface area (Å²) in [5.41, 5.74) is 0.427. The van der Waals surface area contributed by atoms with Crippen molar-refractivity contribution in [1.82, 2.24) is 10.2 Å². The molecule has 22 heavy (non-hydrogen) atoms. The molecule has 0 atom stereocenters. The first-order valence-electron chi connectivity index (χ1n) is 8.69. The van der Waals surface area contributed by atoms with Crippen molar-refractivity contribution in [1.29, 1.82) is 0 Å². The lowest BCUT2D eigenvalue weighted by molar-refractivity contribution is 0.0727. The summed E-state index contributed by atoms with van der Waals surface area (Å²) in [5.74, 6) is 1.02.